The lowest BCUT2D eigenvalue weighted by atomic mass is 9.93. The molecule has 25 heavy (non-hydrogen) atoms. The van der Waals surface area contributed by atoms with Gasteiger partial charge in [-0.3, -0.25) is 0 Å². The zero-order chi connectivity index (χ0) is 18.8. The van der Waals surface area contributed by atoms with E-state index in [1.807, 2.05) is 0 Å². The third-order valence-electron chi connectivity index (χ3n) is 4.95. The highest BCUT2D eigenvalue weighted by Gasteiger charge is 2.23. The largest absolute Gasteiger partial charge is 0.462 e. The molecule has 2 atom stereocenters. The van der Waals surface area contributed by atoms with Crippen molar-refractivity contribution < 1.29 is 9.53 Å². The molecule has 0 heterocycles. The molecule has 1 rings (SSSR count). The van der Waals surface area contributed by atoms with E-state index in [2.05, 4.69) is 44.7 Å². The lowest BCUT2D eigenvalue weighted by Gasteiger charge is -2.37. The summed E-state index contributed by atoms with van der Waals surface area (Å²) < 4.78 is 5.05. The Balaban J connectivity index is 3.18. The lowest BCUT2D eigenvalue weighted by molar-refractivity contribution is -0.138. The third kappa shape index (κ3) is 6.23. The van der Waals surface area contributed by atoms with Crippen molar-refractivity contribution >= 4 is 5.97 Å². The molecule has 1 aliphatic rings. The van der Waals surface area contributed by atoms with Crippen LogP contribution in [0.4, 0.5) is 0 Å². The van der Waals surface area contributed by atoms with Crippen molar-refractivity contribution in [1.29, 1.82) is 5.26 Å². The van der Waals surface area contributed by atoms with E-state index in [1.165, 1.54) is 5.70 Å². The van der Waals surface area contributed by atoms with Crippen LogP contribution >= 0.6 is 0 Å². The van der Waals surface area contributed by atoms with E-state index >= 15 is 0 Å². The zero-order valence-corrected chi connectivity index (χ0v) is 16.6. The number of hydrogen-bond acceptors (Lipinski definition) is 4. The number of hydrogen-bond donors (Lipinski definition) is 0. The molecule has 4 heteroatoms. The van der Waals surface area contributed by atoms with Crippen LogP contribution in [0.15, 0.2) is 22.9 Å². The topological polar surface area (TPSA) is 53.3 Å². The molecule has 0 saturated carbocycles. The van der Waals surface area contributed by atoms with Gasteiger partial charge in [0.05, 0.1) is 6.61 Å². The molecule has 0 spiro atoms. The molecule has 0 amide bonds. The number of allylic oxidation sites excluding steroid dienone is 3. The third-order valence-corrected chi connectivity index (χ3v) is 4.95. The van der Waals surface area contributed by atoms with Crippen molar-refractivity contribution in [3.8, 4) is 6.07 Å². The molecule has 0 saturated heterocycles. The van der Waals surface area contributed by atoms with E-state index in [9.17, 15) is 10.1 Å². The average molecular weight is 347 g/mol. The van der Waals surface area contributed by atoms with E-state index < -0.39 is 5.97 Å². The first kappa shape index (κ1) is 21.3. The first-order chi connectivity index (χ1) is 12.0. The van der Waals surface area contributed by atoms with Gasteiger partial charge in [-0.05, 0) is 57.1 Å². The van der Waals surface area contributed by atoms with Gasteiger partial charge >= 0.3 is 5.97 Å². The van der Waals surface area contributed by atoms with Gasteiger partial charge < -0.3 is 9.64 Å². The highest BCUT2D eigenvalue weighted by molar-refractivity contribution is 5.94. The predicted molar refractivity (Wildman–Crippen MR) is 102 cm³/mol. The van der Waals surface area contributed by atoms with E-state index in [4.69, 9.17) is 4.74 Å². The maximum atomic E-state index is 12.1. The minimum Gasteiger partial charge on any atom is -0.462 e. The first-order valence-corrected chi connectivity index (χ1v) is 9.75. The summed E-state index contributed by atoms with van der Waals surface area (Å²) in [7, 11) is 0. The minimum absolute atomic E-state index is 0.172. The molecular formula is C21H34N2O2. The fourth-order valence-electron chi connectivity index (χ4n) is 3.30. The van der Waals surface area contributed by atoms with Crippen LogP contribution in [0.1, 0.15) is 73.1 Å². The van der Waals surface area contributed by atoms with Crippen LogP contribution in [0.5, 0.6) is 0 Å². The molecule has 2 unspecified atom stereocenters. The van der Waals surface area contributed by atoms with Gasteiger partial charge in [0, 0.05) is 18.3 Å². The smallest absolute Gasteiger partial charge is 0.349 e. The number of nitrogens with zero attached hydrogens (tertiary/aromatic N) is 2. The highest BCUT2D eigenvalue weighted by Crippen LogP contribution is 2.30. The van der Waals surface area contributed by atoms with Gasteiger partial charge in [-0.2, -0.15) is 5.26 Å². The van der Waals surface area contributed by atoms with Crippen LogP contribution in [-0.4, -0.2) is 30.1 Å². The number of ether oxygens (including phenoxy) is 1. The molecule has 0 N–H and O–H groups in total. The standard InChI is InChI=1S/C21H34N2O2/c1-6-10-17(5)23(15-16(4)7-2)19-12-9-11-18(13-19)20(14-22)21(24)25-8-3/h13,16-17H,6-12,15H2,1-5H3/b20-18-. The van der Waals surface area contributed by atoms with Gasteiger partial charge in [0.15, 0.2) is 0 Å². The van der Waals surface area contributed by atoms with Crippen molar-refractivity contribution in [3.63, 3.8) is 0 Å². The summed E-state index contributed by atoms with van der Waals surface area (Å²) in [4.78, 5) is 14.6. The molecule has 0 aromatic heterocycles. The van der Waals surface area contributed by atoms with Crippen molar-refractivity contribution in [1.82, 2.24) is 4.90 Å². The second-order valence-electron chi connectivity index (χ2n) is 7.03. The van der Waals surface area contributed by atoms with Crippen molar-refractivity contribution in [3.05, 3.63) is 22.9 Å². The Morgan fingerprint density at radius 1 is 1.32 bits per heavy atom. The van der Waals surface area contributed by atoms with Gasteiger partial charge in [0.25, 0.3) is 0 Å². The summed E-state index contributed by atoms with van der Waals surface area (Å²) in [6.07, 6.45) is 8.28. The molecule has 4 nitrogen and oxygen atoms in total. The van der Waals surface area contributed by atoms with Crippen LogP contribution in [0.3, 0.4) is 0 Å². The maximum absolute atomic E-state index is 12.1. The van der Waals surface area contributed by atoms with Crippen molar-refractivity contribution in [2.24, 2.45) is 5.92 Å². The number of carbonyl (C=O) groups is 1. The monoisotopic (exact) mass is 346 g/mol. The number of nitriles is 1. The number of rotatable bonds is 9. The summed E-state index contributed by atoms with van der Waals surface area (Å²) in [6, 6.07) is 2.53. The van der Waals surface area contributed by atoms with E-state index in [0.717, 1.165) is 50.6 Å². The van der Waals surface area contributed by atoms with Crippen LogP contribution in [0.2, 0.25) is 0 Å². The van der Waals surface area contributed by atoms with E-state index in [0.29, 0.717) is 18.6 Å². The normalized spacial score (nSPS) is 18.6. The molecule has 0 aromatic carbocycles. The van der Waals surface area contributed by atoms with Gasteiger partial charge in [0.1, 0.15) is 11.6 Å². The van der Waals surface area contributed by atoms with Gasteiger partial charge in [-0.1, -0.05) is 33.6 Å². The van der Waals surface area contributed by atoms with Crippen LogP contribution in [0, 0.1) is 17.2 Å². The Bertz CT molecular complexity index is 543. The minimum atomic E-state index is -0.493. The van der Waals surface area contributed by atoms with E-state index in [-0.39, 0.29) is 5.57 Å². The average Bonchev–Trinajstić information content (AvgIpc) is 2.60. The molecule has 0 radical (unpaired) electrons. The quantitative estimate of drug-likeness (QED) is 0.336. The van der Waals surface area contributed by atoms with Crippen LogP contribution in [-0.2, 0) is 9.53 Å². The Labute approximate surface area is 153 Å². The molecule has 0 fully saturated rings. The second-order valence-corrected chi connectivity index (χ2v) is 7.03. The Morgan fingerprint density at radius 2 is 2.04 bits per heavy atom. The van der Waals surface area contributed by atoms with Crippen molar-refractivity contribution in [2.45, 2.75) is 79.2 Å². The molecule has 140 valence electrons. The summed E-state index contributed by atoms with van der Waals surface area (Å²) in [5.74, 6) is 0.127. The fourth-order valence-corrected chi connectivity index (χ4v) is 3.30. The summed E-state index contributed by atoms with van der Waals surface area (Å²) in [5.41, 5.74) is 2.27. The molecule has 0 aromatic rings. The Kier molecular flexibility index (Phi) is 9.34. The maximum Gasteiger partial charge on any atom is 0.349 e. The number of esters is 1. The summed E-state index contributed by atoms with van der Waals surface area (Å²) >= 11 is 0. The molecule has 1 aliphatic carbocycles. The lowest BCUT2D eigenvalue weighted by Crippen LogP contribution is -2.36. The number of carbonyl (C=O) groups excluding carboxylic acids is 1. The zero-order valence-electron chi connectivity index (χ0n) is 16.6. The van der Waals surface area contributed by atoms with Crippen molar-refractivity contribution in [2.75, 3.05) is 13.2 Å². The Hall–Kier alpha value is -1.76. The van der Waals surface area contributed by atoms with E-state index in [1.54, 1.807) is 6.92 Å². The molecular weight excluding hydrogens is 312 g/mol. The SMILES string of the molecule is CCCC(C)N(CC(C)CC)C1=C/C(=C(/C#N)C(=O)OCC)CCC1. The predicted octanol–water partition coefficient (Wildman–Crippen LogP) is 4.97. The van der Waals surface area contributed by atoms with Gasteiger partial charge in [-0.25, -0.2) is 4.79 Å². The summed E-state index contributed by atoms with van der Waals surface area (Å²) in [5, 5.41) is 9.43. The summed E-state index contributed by atoms with van der Waals surface area (Å²) in [6.45, 7) is 12.1. The highest BCUT2D eigenvalue weighted by atomic mass is 16.5. The van der Waals surface area contributed by atoms with Gasteiger partial charge in [0.2, 0.25) is 0 Å². The first-order valence-electron chi connectivity index (χ1n) is 9.75. The molecule has 0 bridgehead atoms. The van der Waals surface area contributed by atoms with Crippen LogP contribution in [0.25, 0.3) is 0 Å². The van der Waals surface area contributed by atoms with Crippen LogP contribution < -0.4 is 0 Å². The fraction of sp³-hybridized carbons (Fsp3) is 0.714. The Morgan fingerprint density at radius 3 is 2.60 bits per heavy atom. The second kappa shape index (κ2) is 11.0. The molecule has 0 aliphatic heterocycles. The van der Waals surface area contributed by atoms with Gasteiger partial charge in [-0.15, -0.1) is 0 Å².